The molecule has 10 heteroatoms. The van der Waals surface area contributed by atoms with E-state index in [1.807, 2.05) is 0 Å². The highest BCUT2D eigenvalue weighted by molar-refractivity contribution is 5.87. The Morgan fingerprint density at radius 1 is 0.652 bits per heavy atom. The van der Waals surface area contributed by atoms with Crippen molar-refractivity contribution in [2.75, 3.05) is 39.5 Å². The highest BCUT2D eigenvalue weighted by atomic mass is 16.6. The van der Waals surface area contributed by atoms with Gasteiger partial charge in [0.2, 0.25) is 0 Å². The van der Waals surface area contributed by atoms with Crippen LogP contribution in [0.15, 0.2) is 24.3 Å². The second-order valence-corrected chi connectivity index (χ2v) is 14.8. The van der Waals surface area contributed by atoms with E-state index >= 15 is 0 Å². The third-order valence-corrected chi connectivity index (χ3v) is 10.1. The Morgan fingerprint density at radius 3 is 1.63 bits per heavy atom. The lowest BCUT2D eigenvalue weighted by atomic mass is 9.65. The van der Waals surface area contributed by atoms with E-state index in [0.29, 0.717) is 74.3 Å². The normalized spacial score (nSPS) is 27.9. The van der Waals surface area contributed by atoms with Crippen molar-refractivity contribution in [1.29, 1.82) is 0 Å². The average molecular weight is 647 g/mol. The minimum Gasteiger partial charge on any atom is -0.462 e. The van der Waals surface area contributed by atoms with Gasteiger partial charge in [-0.15, -0.1) is 0 Å². The van der Waals surface area contributed by atoms with Crippen LogP contribution in [0.2, 0.25) is 0 Å². The highest BCUT2D eigenvalue weighted by Gasteiger charge is 2.55. The Balaban J connectivity index is 1.30. The molecule has 0 saturated heterocycles. The standard InChI is InChI=1S/C36H58N2O8/c1-25(2)31(39)43-17-11-7-9-15-37-33(41)45-23-35(5)14-13-29-27-19-28(30(29)22-35)21-36(6,20-27)24-46-34(42)38-16-10-8-12-18-44-32(40)26(3)4/h27-30H,1,3,7-24H2,2,4-6H3,(H,37,41)(H,38,42). The molecule has 0 aliphatic heterocycles. The minimum absolute atomic E-state index is 0.0194. The average Bonchev–Trinajstić information content (AvgIpc) is 3.26. The molecule has 6 atom stereocenters. The van der Waals surface area contributed by atoms with Gasteiger partial charge >= 0.3 is 24.1 Å². The molecule has 260 valence electrons. The first kappa shape index (κ1) is 37.4. The fourth-order valence-electron chi connectivity index (χ4n) is 7.81. The number of hydrogen-bond acceptors (Lipinski definition) is 8. The molecule has 0 aromatic carbocycles. The van der Waals surface area contributed by atoms with Gasteiger partial charge in [-0.05, 0) is 115 Å². The van der Waals surface area contributed by atoms with Crippen LogP contribution in [0.25, 0.3) is 0 Å². The molecule has 46 heavy (non-hydrogen) atoms. The van der Waals surface area contributed by atoms with Gasteiger partial charge in [0.1, 0.15) is 0 Å². The lowest BCUT2D eigenvalue weighted by Crippen LogP contribution is -2.38. The molecule has 3 saturated carbocycles. The van der Waals surface area contributed by atoms with Crippen LogP contribution in [-0.4, -0.2) is 63.6 Å². The summed E-state index contributed by atoms with van der Waals surface area (Å²) in [5.41, 5.74) is 0.751. The van der Waals surface area contributed by atoms with Crippen LogP contribution in [-0.2, 0) is 28.5 Å². The van der Waals surface area contributed by atoms with Crippen molar-refractivity contribution in [3.05, 3.63) is 24.3 Å². The molecule has 2 amide bonds. The molecule has 10 nitrogen and oxygen atoms in total. The molecule has 0 spiro atoms. The zero-order chi connectivity index (χ0) is 33.7. The van der Waals surface area contributed by atoms with Crippen molar-refractivity contribution in [1.82, 2.24) is 10.6 Å². The van der Waals surface area contributed by atoms with Crippen LogP contribution in [0.4, 0.5) is 9.59 Å². The second-order valence-electron chi connectivity index (χ2n) is 14.8. The van der Waals surface area contributed by atoms with Crippen LogP contribution >= 0.6 is 0 Å². The zero-order valence-corrected chi connectivity index (χ0v) is 28.7. The van der Waals surface area contributed by atoms with E-state index in [-0.39, 0.29) is 35.0 Å². The maximum Gasteiger partial charge on any atom is 0.407 e. The molecular formula is C36H58N2O8. The van der Waals surface area contributed by atoms with E-state index in [2.05, 4.69) is 37.6 Å². The van der Waals surface area contributed by atoms with E-state index in [9.17, 15) is 19.2 Å². The molecule has 3 aliphatic carbocycles. The molecule has 0 heterocycles. The van der Waals surface area contributed by atoms with Crippen molar-refractivity contribution in [3.63, 3.8) is 0 Å². The molecule has 3 aliphatic rings. The second kappa shape index (κ2) is 17.8. The number of unbranched alkanes of at least 4 members (excludes halogenated alkanes) is 4. The fraction of sp³-hybridized carbons (Fsp3) is 0.778. The molecule has 2 N–H and O–H groups in total. The van der Waals surface area contributed by atoms with E-state index in [1.54, 1.807) is 13.8 Å². The summed E-state index contributed by atoms with van der Waals surface area (Å²) in [7, 11) is 0. The summed E-state index contributed by atoms with van der Waals surface area (Å²) < 4.78 is 21.6. The Kier molecular flexibility index (Phi) is 14.4. The zero-order valence-electron chi connectivity index (χ0n) is 28.7. The van der Waals surface area contributed by atoms with E-state index < -0.39 is 0 Å². The SMILES string of the molecule is C=C(C)C(=O)OCCCCCNC(=O)OCC1(C)CC2CC(C1)C1CC(C)(COC(=O)NCCCCCOC(=O)C(=C)C)CCC21. The third-order valence-electron chi connectivity index (χ3n) is 10.1. The maximum absolute atomic E-state index is 12.4. The Labute approximate surface area is 275 Å². The highest BCUT2D eigenvalue weighted by Crippen LogP contribution is 2.62. The fourth-order valence-corrected chi connectivity index (χ4v) is 7.81. The number of alkyl carbamates (subject to hydrolysis) is 2. The number of rotatable bonds is 18. The summed E-state index contributed by atoms with van der Waals surface area (Å²) >= 11 is 0. The smallest absolute Gasteiger partial charge is 0.407 e. The Morgan fingerprint density at radius 2 is 1.13 bits per heavy atom. The van der Waals surface area contributed by atoms with Crippen molar-refractivity contribution in [3.8, 4) is 0 Å². The number of carbonyl (C=O) groups is 4. The predicted octanol–water partition coefficient (Wildman–Crippen LogP) is 6.88. The predicted molar refractivity (Wildman–Crippen MR) is 176 cm³/mol. The maximum atomic E-state index is 12.4. The van der Waals surface area contributed by atoms with Crippen LogP contribution < -0.4 is 10.6 Å². The largest absolute Gasteiger partial charge is 0.462 e. The van der Waals surface area contributed by atoms with Gasteiger partial charge in [-0.25, -0.2) is 19.2 Å². The lowest BCUT2D eigenvalue weighted by molar-refractivity contribution is -0.139. The van der Waals surface area contributed by atoms with Crippen molar-refractivity contribution in [2.45, 2.75) is 105 Å². The van der Waals surface area contributed by atoms with Crippen LogP contribution in [0, 0.1) is 34.5 Å². The number of esters is 2. The molecule has 0 aromatic heterocycles. The molecule has 0 aromatic rings. The number of nitrogens with one attached hydrogen (secondary N) is 2. The van der Waals surface area contributed by atoms with Crippen LogP contribution in [0.1, 0.15) is 105 Å². The van der Waals surface area contributed by atoms with Crippen molar-refractivity contribution in [2.24, 2.45) is 34.5 Å². The first-order valence-electron chi connectivity index (χ1n) is 17.3. The summed E-state index contributed by atoms with van der Waals surface area (Å²) in [6, 6.07) is 0. The number of ether oxygens (including phenoxy) is 4. The van der Waals surface area contributed by atoms with Gasteiger partial charge in [0.25, 0.3) is 0 Å². The van der Waals surface area contributed by atoms with Gasteiger partial charge in [0.15, 0.2) is 0 Å². The quantitative estimate of drug-likeness (QED) is 0.0714. The summed E-state index contributed by atoms with van der Waals surface area (Å²) in [5.74, 6) is 1.87. The van der Waals surface area contributed by atoms with E-state index in [0.717, 1.165) is 70.6 Å². The summed E-state index contributed by atoms with van der Waals surface area (Å²) in [6.45, 7) is 17.6. The van der Waals surface area contributed by atoms with Gasteiger partial charge in [-0.3, -0.25) is 0 Å². The summed E-state index contributed by atoms with van der Waals surface area (Å²) in [4.78, 5) is 47.6. The molecule has 3 rings (SSSR count). The van der Waals surface area contributed by atoms with Gasteiger partial charge in [-0.2, -0.15) is 0 Å². The number of fused-ring (bicyclic) bond motifs is 5. The minimum atomic E-state index is -0.366. The van der Waals surface area contributed by atoms with E-state index in [4.69, 9.17) is 18.9 Å². The first-order valence-corrected chi connectivity index (χ1v) is 17.3. The summed E-state index contributed by atoms with van der Waals surface area (Å²) in [6.07, 6.45) is 10.7. The van der Waals surface area contributed by atoms with Crippen molar-refractivity contribution >= 4 is 24.1 Å². The van der Waals surface area contributed by atoms with E-state index in [1.165, 1.54) is 6.42 Å². The number of amides is 2. The first-order chi connectivity index (χ1) is 21.8. The van der Waals surface area contributed by atoms with Gasteiger partial charge in [0.05, 0.1) is 26.4 Å². The number of hydrogen-bond donors (Lipinski definition) is 2. The number of carbonyl (C=O) groups excluding carboxylic acids is 4. The molecule has 0 radical (unpaired) electrons. The Hall–Kier alpha value is -3.04. The van der Waals surface area contributed by atoms with Crippen molar-refractivity contribution < 1.29 is 38.1 Å². The van der Waals surface area contributed by atoms with Gasteiger partial charge in [-0.1, -0.05) is 27.0 Å². The van der Waals surface area contributed by atoms with Gasteiger partial charge in [0, 0.05) is 35.1 Å². The lowest BCUT2D eigenvalue weighted by Gasteiger charge is -2.41. The molecule has 6 unspecified atom stereocenters. The monoisotopic (exact) mass is 646 g/mol. The molecule has 3 fully saturated rings. The molecular weight excluding hydrogens is 588 g/mol. The van der Waals surface area contributed by atoms with Gasteiger partial charge < -0.3 is 29.6 Å². The summed E-state index contributed by atoms with van der Waals surface area (Å²) in [5, 5.41) is 5.72. The van der Waals surface area contributed by atoms with Crippen LogP contribution in [0.5, 0.6) is 0 Å². The molecule has 2 bridgehead atoms. The Bertz CT molecular complexity index is 1090. The van der Waals surface area contributed by atoms with Crippen LogP contribution in [0.3, 0.4) is 0 Å². The topological polar surface area (TPSA) is 129 Å². The third kappa shape index (κ3) is 12.0.